The first-order valence-electron chi connectivity index (χ1n) is 11.7. The van der Waals surface area contributed by atoms with Gasteiger partial charge in [-0.3, -0.25) is 19.4 Å². The number of amides is 4. The number of piperidine rings is 1. The second-order valence-electron chi connectivity index (χ2n) is 8.83. The van der Waals surface area contributed by atoms with E-state index < -0.39 is 11.8 Å². The molecule has 0 bridgehead atoms. The molecule has 3 aliphatic rings. The van der Waals surface area contributed by atoms with Crippen LogP contribution in [0.25, 0.3) is 0 Å². The molecule has 2 aromatic rings. The molecule has 0 atom stereocenters. The first-order valence-corrected chi connectivity index (χ1v) is 11.7. The average molecular weight is 483 g/mol. The van der Waals surface area contributed by atoms with Crippen molar-refractivity contribution in [3.63, 3.8) is 0 Å². The standard InChI is InChI=1S/C25H27FN4O5/c26-19-7-5-18(6-8-19)15-27-24(33)30-17-23(32)29(20-3-1-2-4-21(20)30)16-22(31)28-11-9-25(10-12-28)34-13-14-35-25/h1-8H,9-17H2,(H,27,33). The van der Waals surface area contributed by atoms with Gasteiger partial charge in [0.2, 0.25) is 11.8 Å². The van der Waals surface area contributed by atoms with Crippen molar-refractivity contribution in [1.82, 2.24) is 10.2 Å². The largest absolute Gasteiger partial charge is 0.347 e. The van der Waals surface area contributed by atoms with Crippen molar-refractivity contribution in [2.45, 2.75) is 25.2 Å². The lowest BCUT2D eigenvalue weighted by molar-refractivity contribution is -0.187. The fourth-order valence-electron chi connectivity index (χ4n) is 4.71. The third kappa shape index (κ3) is 4.85. The molecule has 0 radical (unpaired) electrons. The van der Waals surface area contributed by atoms with Gasteiger partial charge in [0.1, 0.15) is 18.9 Å². The van der Waals surface area contributed by atoms with Crippen LogP contribution < -0.4 is 15.1 Å². The molecule has 2 aromatic carbocycles. The van der Waals surface area contributed by atoms with E-state index in [2.05, 4.69) is 5.32 Å². The summed E-state index contributed by atoms with van der Waals surface area (Å²) in [7, 11) is 0. The maximum Gasteiger partial charge on any atom is 0.322 e. The van der Waals surface area contributed by atoms with Crippen LogP contribution in [0.2, 0.25) is 0 Å². The Hall–Kier alpha value is -3.50. The van der Waals surface area contributed by atoms with Crippen LogP contribution in [0.3, 0.4) is 0 Å². The summed E-state index contributed by atoms with van der Waals surface area (Å²) in [6.45, 7) is 2.04. The van der Waals surface area contributed by atoms with Crippen LogP contribution in [0.15, 0.2) is 48.5 Å². The summed E-state index contributed by atoms with van der Waals surface area (Å²) >= 11 is 0. The van der Waals surface area contributed by atoms with Crippen LogP contribution in [0.4, 0.5) is 20.6 Å². The highest BCUT2D eigenvalue weighted by atomic mass is 19.1. The number of ether oxygens (including phenoxy) is 2. The minimum Gasteiger partial charge on any atom is -0.347 e. The zero-order valence-corrected chi connectivity index (χ0v) is 19.2. The highest BCUT2D eigenvalue weighted by molar-refractivity contribution is 6.12. The fraction of sp³-hybridized carbons (Fsp3) is 0.400. The molecule has 9 nitrogen and oxygen atoms in total. The molecule has 1 spiro atoms. The van der Waals surface area contributed by atoms with E-state index in [4.69, 9.17) is 9.47 Å². The van der Waals surface area contributed by atoms with Crippen molar-refractivity contribution in [2.24, 2.45) is 0 Å². The van der Waals surface area contributed by atoms with Crippen LogP contribution in [0, 0.1) is 5.82 Å². The fourth-order valence-corrected chi connectivity index (χ4v) is 4.71. The molecule has 2 fully saturated rings. The summed E-state index contributed by atoms with van der Waals surface area (Å²) in [5.41, 5.74) is 1.78. The Morgan fingerprint density at radius 3 is 2.31 bits per heavy atom. The summed E-state index contributed by atoms with van der Waals surface area (Å²) in [5.74, 6) is -1.43. The molecule has 2 saturated heterocycles. The van der Waals surface area contributed by atoms with E-state index in [1.54, 1.807) is 41.3 Å². The number of halogens is 1. The molecule has 0 aromatic heterocycles. The smallest absolute Gasteiger partial charge is 0.322 e. The average Bonchev–Trinajstić information content (AvgIpc) is 3.33. The molecule has 1 N–H and O–H groups in total. The molecule has 5 rings (SSSR count). The topological polar surface area (TPSA) is 91.4 Å². The third-order valence-electron chi connectivity index (χ3n) is 6.64. The number of carbonyl (C=O) groups is 3. The highest BCUT2D eigenvalue weighted by Gasteiger charge is 2.41. The Morgan fingerprint density at radius 1 is 0.971 bits per heavy atom. The molecular formula is C25H27FN4O5. The Kier molecular flexibility index (Phi) is 6.40. The van der Waals surface area contributed by atoms with Gasteiger partial charge in [-0.1, -0.05) is 24.3 Å². The van der Waals surface area contributed by atoms with Gasteiger partial charge in [-0.15, -0.1) is 0 Å². The van der Waals surface area contributed by atoms with Crippen molar-refractivity contribution >= 4 is 29.2 Å². The molecule has 0 saturated carbocycles. The number of likely N-dealkylation sites (tertiary alicyclic amines) is 1. The number of benzene rings is 2. The van der Waals surface area contributed by atoms with E-state index in [1.165, 1.54) is 21.9 Å². The normalized spacial score (nSPS) is 19.1. The number of fused-ring (bicyclic) bond motifs is 1. The lowest BCUT2D eigenvalue weighted by atomic mass is 10.0. The Labute approximate surface area is 202 Å². The SMILES string of the molecule is O=C(CN1C(=O)CN(C(=O)NCc2ccc(F)cc2)c2ccccc21)N1CCC2(CC1)OCCO2. The van der Waals surface area contributed by atoms with Gasteiger partial charge in [-0.2, -0.15) is 0 Å². The number of anilines is 2. The van der Waals surface area contributed by atoms with Crippen molar-refractivity contribution < 1.29 is 28.2 Å². The van der Waals surface area contributed by atoms with Gasteiger partial charge in [-0.05, 0) is 29.8 Å². The number of urea groups is 1. The summed E-state index contributed by atoms with van der Waals surface area (Å²) < 4.78 is 24.6. The van der Waals surface area contributed by atoms with Crippen molar-refractivity contribution in [2.75, 3.05) is 49.2 Å². The van der Waals surface area contributed by atoms with E-state index in [9.17, 15) is 18.8 Å². The number of nitrogens with one attached hydrogen (secondary N) is 1. The van der Waals surface area contributed by atoms with Crippen molar-refractivity contribution in [3.8, 4) is 0 Å². The molecular weight excluding hydrogens is 455 g/mol. The van der Waals surface area contributed by atoms with Crippen LogP contribution in [0.5, 0.6) is 0 Å². The molecule has 3 heterocycles. The van der Waals surface area contributed by atoms with Crippen LogP contribution in [-0.2, 0) is 25.6 Å². The van der Waals surface area contributed by atoms with Gasteiger partial charge in [0, 0.05) is 32.5 Å². The minimum absolute atomic E-state index is 0.102. The predicted octanol–water partition coefficient (Wildman–Crippen LogP) is 2.25. The van der Waals surface area contributed by atoms with Crippen LogP contribution >= 0.6 is 0 Å². The highest BCUT2D eigenvalue weighted by Crippen LogP contribution is 2.34. The number of hydrogen-bond donors (Lipinski definition) is 1. The van der Waals surface area contributed by atoms with E-state index in [1.807, 2.05) is 0 Å². The minimum atomic E-state index is -0.577. The van der Waals surface area contributed by atoms with Crippen molar-refractivity contribution in [3.05, 3.63) is 59.9 Å². The summed E-state index contributed by atoms with van der Waals surface area (Å²) in [4.78, 5) is 43.6. The van der Waals surface area contributed by atoms with Gasteiger partial charge in [-0.25, -0.2) is 9.18 Å². The van der Waals surface area contributed by atoms with Gasteiger partial charge >= 0.3 is 6.03 Å². The summed E-state index contributed by atoms with van der Waals surface area (Å²) in [6.07, 6.45) is 1.20. The van der Waals surface area contributed by atoms with Gasteiger partial charge in [0.05, 0.1) is 24.6 Å². The Balaban J connectivity index is 1.25. The number of hydrogen-bond acceptors (Lipinski definition) is 5. The second-order valence-corrected chi connectivity index (χ2v) is 8.83. The van der Waals surface area contributed by atoms with Crippen molar-refractivity contribution in [1.29, 1.82) is 0 Å². The summed E-state index contributed by atoms with van der Waals surface area (Å²) in [5, 5.41) is 2.78. The van der Waals surface area contributed by atoms with Gasteiger partial charge < -0.3 is 19.7 Å². The predicted molar refractivity (Wildman–Crippen MR) is 125 cm³/mol. The number of para-hydroxylation sites is 2. The lowest BCUT2D eigenvalue weighted by Gasteiger charge is -2.39. The Morgan fingerprint density at radius 2 is 1.63 bits per heavy atom. The zero-order valence-electron chi connectivity index (χ0n) is 19.2. The summed E-state index contributed by atoms with van der Waals surface area (Å²) in [6, 6.07) is 12.4. The zero-order chi connectivity index (χ0) is 24.4. The first kappa shape index (κ1) is 23.3. The lowest BCUT2D eigenvalue weighted by Crippen LogP contribution is -2.55. The maximum absolute atomic E-state index is 13.1. The molecule has 4 amide bonds. The van der Waals surface area contributed by atoms with Crippen LogP contribution in [-0.4, -0.2) is 67.9 Å². The van der Waals surface area contributed by atoms with E-state index in [-0.39, 0.29) is 37.3 Å². The van der Waals surface area contributed by atoms with E-state index in [0.29, 0.717) is 50.5 Å². The van der Waals surface area contributed by atoms with Gasteiger partial charge in [0.15, 0.2) is 5.79 Å². The van der Waals surface area contributed by atoms with E-state index in [0.717, 1.165) is 5.56 Å². The van der Waals surface area contributed by atoms with Crippen LogP contribution in [0.1, 0.15) is 18.4 Å². The van der Waals surface area contributed by atoms with E-state index >= 15 is 0 Å². The molecule has 184 valence electrons. The monoisotopic (exact) mass is 482 g/mol. The first-order chi connectivity index (χ1) is 16.9. The number of nitrogens with zero attached hydrogens (tertiary/aromatic N) is 3. The molecule has 3 aliphatic heterocycles. The third-order valence-corrected chi connectivity index (χ3v) is 6.64. The number of carbonyl (C=O) groups excluding carboxylic acids is 3. The second kappa shape index (κ2) is 9.63. The molecule has 35 heavy (non-hydrogen) atoms. The molecule has 0 aliphatic carbocycles. The van der Waals surface area contributed by atoms with Gasteiger partial charge in [0.25, 0.3) is 0 Å². The number of rotatable bonds is 4. The maximum atomic E-state index is 13.1. The Bertz CT molecular complexity index is 1110. The molecule has 10 heteroatoms. The quantitative estimate of drug-likeness (QED) is 0.722. The molecule has 0 unspecified atom stereocenters.